The Hall–Kier alpha value is -0.670. The number of rotatable bonds is 3. The number of hydrogen-bond acceptors (Lipinski definition) is 3. The van der Waals surface area contributed by atoms with Crippen molar-refractivity contribution in [3.8, 4) is 5.75 Å². The summed E-state index contributed by atoms with van der Waals surface area (Å²) in [4.78, 5) is 0.983. The van der Waals surface area contributed by atoms with E-state index in [4.69, 9.17) is 0 Å². The van der Waals surface area contributed by atoms with E-state index >= 15 is 0 Å². The molecule has 1 aromatic rings. The van der Waals surface area contributed by atoms with Gasteiger partial charge < -0.3 is 10.4 Å². The number of hydrogen-bond donors (Lipinski definition) is 2. The van der Waals surface area contributed by atoms with Gasteiger partial charge in [0.1, 0.15) is 5.75 Å². The Morgan fingerprint density at radius 3 is 2.85 bits per heavy atom. The Labute approximate surface area is 82.4 Å². The van der Waals surface area contributed by atoms with Crippen molar-refractivity contribution >= 4 is 11.8 Å². The van der Waals surface area contributed by atoms with Crippen LogP contribution in [0.4, 0.5) is 0 Å². The molecule has 1 heterocycles. The van der Waals surface area contributed by atoms with E-state index in [2.05, 4.69) is 5.32 Å². The summed E-state index contributed by atoms with van der Waals surface area (Å²) >= 11 is 1.72. The number of benzene rings is 1. The third-order valence-electron chi connectivity index (χ3n) is 2.23. The van der Waals surface area contributed by atoms with Crippen molar-refractivity contribution in [2.75, 3.05) is 12.3 Å². The molecule has 1 saturated heterocycles. The summed E-state index contributed by atoms with van der Waals surface area (Å²) in [5.74, 6) is 1.45. The number of thioether (sulfide) groups is 1. The molecule has 13 heavy (non-hydrogen) atoms. The van der Waals surface area contributed by atoms with Crippen molar-refractivity contribution in [1.29, 1.82) is 0 Å². The minimum Gasteiger partial charge on any atom is -0.507 e. The van der Waals surface area contributed by atoms with Gasteiger partial charge in [0.15, 0.2) is 0 Å². The Morgan fingerprint density at radius 1 is 1.46 bits per heavy atom. The number of phenolic OH excluding ortho intramolecular Hbond substituents is 1. The van der Waals surface area contributed by atoms with Crippen molar-refractivity contribution in [1.82, 2.24) is 5.32 Å². The molecule has 1 unspecified atom stereocenters. The van der Waals surface area contributed by atoms with Crippen LogP contribution in [0.1, 0.15) is 6.42 Å². The molecule has 1 aliphatic rings. The van der Waals surface area contributed by atoms with Gasteiger partial charge in [-0.25, -0.2) is 0 Å². The van der Waals surface area contributed by atoms with E-state index in [1.807, 2.05) is 18.2 Å². The molecule has 1 aromatic carbocycles. The number of nitrogens with one attached hydrogen (secondary N) is 1. The lowest BCUT2D eigenvalue weighted by Crippen LogP contribution is -2.44. The lowest BCUT2D eigenvalue weighted by molar-refractivity contribution is 0.405. The van der Waals surface area contributed by atoms with Gasteiger partial charge in [-0.15, -0.1) is 11.8 Å². The van der Waals surface area contributed by atoms with Crippen molar-refractivity contribution in [3.63, 3.8) is 0 Å². The maximum absolute atomic E-state index is 9.47. The molecule has 0 aliphatic carbocycles. The second kappa shape index (κ2) is 4.03. The van der Waals surface area contributed by atoms with Crippen LogP contribution in [-0.4, -0.2) is 23.4 Å². The highest BCUT2D eigenvalue weighted by Gasteiger charge is 2.16. The van der Waals surface area contributed by atoms with Crippen molar-refractivity contribution in [3.05, 3.63) is 24.3 Å². The van der Waals surface area contributed by atoms with Crippen LogP contribution in [0, 0.1) is 0 Å². The summed E-state index contributed by atoms with van der Waals surface area (Å²) in [7, 11) is 0. The molecular formula is C10H13NOS. The summed E-state index contributed by atoms with van der Waals surface area (Å²) in [6, 6.07) is 8.14. The van der Waals surface area contributed by atoms with Gasteiger partial charge in [-0.2, -0.15) is 0 Å². The van der Waals surface area contributed by atoms with Gasteiger partial charge in [0.2, 0.25) is 0 Å². The predicted molar refractivity (Wildman–Crippen MR) is 55.2 cm³/mol. The van der Waals surface area contributed by atoms with Crippen molar-refractivity contribution in [2.45, 2.75) is 17.4 Å². The van der Waals surface area contributed by atoms with Crippen molar-refractivity contribution in [2.24, 2.45) is 0 Å². The van der Waals surface area contributed by atoms with Gasteiger partial charge in [-0.1, -0.05) is 12.1 Å². The molecule has 2 rings (SSSR count). The number of aromatic hydroxyl groups is 1. The smallest absolute Gasteiger partial charge is 0.129 e. The summed E-state index contributed by atoms with van der Waals surface area (Å²) in [5.41, 5.74) is 0. The van der Waals surface area contributed by atoms with Crippen LogP contribution in [0.25, 0.3) is 0 Å². The zero-order valence-electron chi connectivity index (χ0n) is 7.36. The molecule has 0 aromatic heterocycles. The summed E-state index contributed by atoms with van der Waals surface area (Å²) in [6.07, 6.45) is 1.26. The van der Waals surface area contributed by atoms with E-state index in [9.17, 15) is 5.11 Å². The second-order valence-electron chi connectivity index (χ2n) is 3.22. The average Bonchev–Trinajstić information content (AvgIpc) is 2.05. The van der Waals surface area contributed by atoms with E-state index in [0.717, 1.165) is 17.2 Å². The maximum atomic E-state index is 9.47. The summed E-state index contributed by atoms with van der Waals surface area (Å²) in [6.45, 7) is 1.14. The summed E-state index contributed by atoms with van der Waals surface area (Å²) < 4.78 is 0. The van der Waals surface area contributed by atoms with E-state index in [1.54, 1.807) is 17.8 Å². The van der Waals surface area contributed by atoms with Crippen LogP contribution in [0.15, 0.2) is 29.2 Å². The quantitative estimate of drug-likeness (QED) is 0.722. The zero-order valence-corrected chi connectivity index (χ0v) is 8.18. The largest absolute Gasteiger partial charge is 0.507 e. The monoisotopic (exact) mass is 195 g/mol. The Kier molecular flexibility index (Phi) is 2.76. The third kappa shape index (κ3) is 2.17. The predicted octanol–water partition coefficient (Wildman–Crippen LogP) is 1.85. The van der Waals surface area contributed by atoms with Crippen LogP contribution in [0.5, 0.6) is 5.75 Å². The van der Waals surface area contributed by atoms with Gasteiger partial charge in [-0.05, 0) is 25.1 Å². The molecule has 0 bridgehead atoms. The highest BCUT2D eigenvalue weighted by molar-refractivity contribution is 7.99. The first-order valence-corrected chi connectivity index (χ1v) is 5.49. The van der Waals surface area contributed by atoms with Gasteiger partial charge in [0, 0.05) is 16.7 Å². The van der Waals surface area contributed by atoms with Gasteiger partial charge in [-0.3, -0.25) is 0 Å². The molecule has 70 valence electrons. The maximum Gasteiger partial charge on any atom is 0.129 e. The van der Waals surface area contributed by atoms with Crippen LogP contribution in [0.2, 0.25) is 0 Å². The molecule has 0 spiro atoms. The van der Waals surface area contributed by atoms with Gasteiger partial charge in [0.05, 0.1) is 0 Å². The molecule has 2 N–H and O–H groups in total. The fourth-order valence-corrected chi connectivity index (χ4v) is 2.32. The normalized spacial score (nSPS) is 21.1. The topological polar surface area (TPSA) is 32.3 Å². The first-order chi connectivity index (χ1) is 6.36. The highest BCUT2D eigenvalue weighted by Crippen LogP contribution is 2.28. The van der Waals surface area contributed by atoms with Crippen LogP contribution < -0.4 is 5.32 Å². The Morgan fingerprint density at radius 2 is 2.23 bits per heavy atom. The van der Waals surface area contributed by atoms with Crippen LogP contribution >= 0.6 is 11.8 Å². The number of para-hydroxylation sites is 1. The molecule has 1 aliphatic heterocycles. The van der Waals surface area contributed by atoms with Crippen LogP contribution in [0.3, 0.4) is 0 Å². The Balaban J connectivity index is 1.89. The molecule has 3 heteroatoms. The van der Waals surface area contributed by atoms with Crippen molar-refractivity contribution < 1.29 is 5.11 Å². The third-order valence-corrected chi connectivity index (χ3v) is 3.46. The fraction of sp³-hybridized carbons (Fsp3) is 0.400. The molecular weight excluding hydrogens is 182 g/mol. The van der Waals surface area contributed by atoms with Gasteiger partial charge >= 0.3 is 0 Å². The molecule has 0 radical (unpaired) electrons. The fourth-order valence-electron chi connectivity index (χ4n) is 1.26. The highest BCUT2D eigenvalue weighted by atomic mass is 32.2. The zero-order chi connectivity index (χ0) is 9.10. The lowest BCUT2D eigenvalue weighted by atomic mass is 10.1. The lowest BCUT2D eigenvalue weighted by Gasteiger charge is -2.27. The standard InChI is InChI=1S/C10H13NOS/c12-9-3-1-2-4-10(9)13-7-8-5-6-11-8/h1-4,8,11-12H,5-7H2. The minimum absolute atomic E-state index is 0.395. The molecule has 0 saturated carbocycles. The second-order valence-corrected chi connectivity index (χ2v) is 4.28. The van der Waals surface area contributed by atoms with Crippen LogP contribution in [-0.2, 0) is 0 Å². The SMILES string of the molecule is Oc1ccccc1SCC1CCN1. The van der Waals surface area contributed by atoms with E-state index in [1.165, 1.54) is 6.42 Å². The molecule has 2 nitrogen and oxygen atoms in total. The number of phenols is 1. The first kappa shape index (κ1) is 8.91. The van der Waals surface area contributed by atoms with E-state index in [-0.39, 0.29) is 0 Å². The minimum atomic E-state index is 0.395. The molecule has 1 fully saturated rings. The molecule has 0 amide bonds. The average molecular weight is 195 g/mol. The Bertz CT molecular complexity index is 286. The van der Waals surface area contributed by atoms with Gasteiger partial charge in [0.25, 0.3) is 0 Å². The van der Waals surface area contributed by atoms with E-state index < -0.39 is 0 Å². The molecule has 1 atom stereocenters. The summed E-state index contributed by atoms with van der Waals surface area (Å²) in [5, 5.41) is 12.8. The first-order valence-electron chi connectivity index (χ1n) is 4.50. The van der Waals surface area contributed by atoms with E-state index in [0.29, 0.717) is 11.8 Å².